The van der Waals surface area contributed by atoms with Crippen LogP contribution in [0, 0.1) is 28.7 Å². The van der Waals surface area contributed by atoms with Crippen LogP contribution >= 0.6 is 80.6 Å². The van der Waals surface area contributed by atoms with Gasteiger partial charge >= 0.3 is 66.0 Å². The van der Waals surface area contributed by atoms with Crippen molar-refractivity contribution in [1.29, 1.82) is 0 Å². The van der Waals surface area contributed by atoms with Crippen molar-refractivity contribution in [2.45, 2.75) is 58.8 Å². The van der Waals surface area contributed by atoms with E-state index in [0.717, 1.165) is 36.8 Å². The van der Waals surface area contributed by atoms with Crippen LogP contribution in [0.25, 0.3) is 0 Å². The first kappa shape index (κ1) is 67.5. The van der Waals surface area contributed by atoms with Gasteiger partial charge in [0.25, 0.3) is 16.7 Å². The van der Waals surface area contributed by atoms with E-state index in [9.17, 15) is 79.4 Å². The van der Waals surface area contributed by atoms with E-state index in [1.54, 1.807) is 43.4 Å². The van der Waals surface area contributed by atoms with Gasteiger partial charge in [-0.1, -0.05) is 53.8 Å². The predicted octanol–water partition coefficient (Wildman–Crippen LogP) is 5.41. The second kappa shape index (κ2) is 31.0. The third-order valence-electron chi connectivity index (χ3n) is 5.48. The number of nitrogen functional groups attached to an aromatic ring is 1. The number of alkyl halides is 9. The van der Waals surface area contributed by atoms with E-state index in [4.69, 9.17) is 62.0 Å². The molecule has 4 rings (SSSR count). The number of aromatic amines is 1. The summed E-state index contributed by atoms with van der Waals surface area (Å²) in [5, 5.41) is 27.0. The molecule has 358 valence electrons. The molecule has 0 aliphatic heterocycles. The molecule has 4 heterocycles. The van der Waals surface area contributed by atoms with Gasteiger partial charge in [0.1, 0.15) is 21.6 Å². The van der Waals surface area contributed by atoms with E-state index < -0.39 is 79.4 Å². The summed E-state index contributed by atoms with van der Waals surface area (Å²) in [6.45, 7) is -3.56. The number of halogens is 14. The second-order valence-electron chi connectivity index (χ2n) is 11.2. The van der Waals surface area contributed by atoms with E-state index in [1.165, 1.54) is 0 Å². The van der Waals surface area contributed by atoms with E-state index >= 15 is 0 Å². The molecule has 0 bridgehead atoms. The zero-order valence-electron chi connectivity index (χ0n) is 31.8. The van der Waals surface area contributed by atoms with Gasteiger partial charge in [-0.3, -0.25) is 53.1 Å². The number of hydrogen-bond acceptors (Lipinski definition) is 14. The molecule has 0 aromatic carbocycles. The van der Waals surface area contributed by atoms with E-state index in [1.807, 2.05) is 0 Å². The summed E-state index contributed by atoms with van der Waals surface area (Å²) in [6, 6.07) is 3.35. The molecule has 0 aliphatic rings. The van der Waals surface area contributed by atoms with Crippen molar-refractivity contribution >= 4 is 104 Å². The molecule has 4 aromatic rings. The van der Waals surface area contributed by atoms with Crippen molar-refractivity contribution in [3.63, 3.8) is 0 Å². The van der Waals surface area contributed by atoms with Crippen molar-refractivity contribution in [3.05, 3.63) is 139 Å². The second-order valence-corrected chi connectivity index (χ2v) is 14.5. The van der Waals surface area contributed by atoms with Crippen molar-refractivity contribution in [2.75, 3.05) is 5.73 Å². The Kier molecular flexibility index (Phi) is 32.2. The van der Waals surface area contributed by atoms with Crippen LogP contribution in [0.1, 0.15) is 47.8 Å². The van der Waals surface area contributed by atoms with Crippen molar-refractivity contribution < 1.29 is 89.3 Å². The number of H-pyrrole nitrogens is 1. The normalized spacial score (nSPS) is 10.2. The minimum atomic E-state index is -4.22. The summed E-state index contributed by atoms with van der Waals surface area (Å²) in [4.78, 5) is 86.5. The standard InChI is InChI=1S/C6H3ClF2INO.C6H3ClF2N2O3.C6H5ClF2N2O.C5H3ClN2O3.C4H9NO2.C2HClF2O2.CH4.Na/c7-3-1-5(12)11(6(8)9)2-4(3)10;7-3-1-5(12)10(6(8)9)2-4(3)11(13)14;7-3-1-5(12)11(6(8)9)2-4(3)10;6-3-1-5(9)7-2-4(3)8(10)11;1-4(2,3)7-5-6;3-2(4,5)1(6)7;;/h1-2,6H;1-2,6H;1-2,6H,10H2;1-2H,(H,7,9);1-3H3;(H,6,7);1H4;/q;;;;;;;+1/p-1. The Labute approximate surface area is 417 Å². The quantitative estimate of drug-likeness (QED) is 0.0446. The van der Waals surface area contributed by atoms with Crippen LogP contribution in [0.2, 0.25) is 20.1 Å². The van der Waals surface area contributed by atoms with E-state index in [0.29, 0.717) is 20.4 Å². The number of rotatable bonds is 7. The van der Waals surface area contributed by atoms with Crippen LogP contribution in [0.4, 0.5) is 52.2 Å². The fraction of sp³-hybridized carbons (Fsp3) is 0.300. The van der Waals surface area contributed by atoms with Gasteiger partial charge in [0.2, 0.25) is 5.56 Å². The predicted molar refractivity (Wildman–Crippen MR) is 223 cm³/mol. The Balaban J connectivity index is -0.000000347. The smallest absolute Gasteiger partial charge is 0.543 e. The molecule has 0 spiro atoms. The van der Waals surface area contributed by atoms with Gasteiger partial charge in [-0.25, -0.2) is 0 Å². The van der Waals surface area contributed by atoms with Crippen molar-refractivity contribution in [2.24, 2.45) is 5.34 Å². The monoisotopic (exact) mass is 1170 g/mol. The molecule has 0 saturated heterocycles. The fourth-order valence-electron chi connectivity index (χ4n) is 2.84. The molecular formula is C30H27Cl5F8IN8NaO12. The molecular weight excluding hydrogens is 1140 g/mol. The number of nitro groups is 2. The Morgan fingerprint density at radius 1 is 0.769 bits per heavy atom. The number of anilines is 1. The van der Waals surface area contributed by atoms with Gasteiger partial charge in [-0.15, -0.1) is 4.91 Å². The number of carbonyl (C=O) groups excluding carboxylic acids is 1. The number of nitrogens with zero attached hydrogens (tertiary/aromatic N) is 6. The summed E-state index contributed by atoms with van der Waals surface area (Å²) in [7, 11) is 0. The number of pyridine rings is 4. The van der Waals surface area contributed by atoms with Crippen LogP contribution in [0.15, 0.2) is 73.6 Å². The molecule has 65 heavy (non-hydrogen) atoms. The first-order valence-corrected chi connectivity index (χ1v) is 18.0. The summed E-state index contributed by atoms with van der Waals surface area (Å²) < 4.78 is 95.1. The number of aliphatic carboxylic acids is 1. The SMILES string of the molecule is C.CC(C)(C)ON=O.Nc1cn(C(F)F)c(=O)cc1Cl.O=C([O-])C(F)(F)Cl.O=c1cc(Cl)c(I)cn1C(F)F.O=c1cc(Cl)c([N+](=O)[O-])c[nH]1.O=c1cc(Cl)c([N+](=O)[O-])cn1C(F)F.[Na+]. The van der Waals surface area contributed by atoms with E-state index in [2.05, 4.69) is 26.8 Å². The molecule has 0 unspecified atom stereocenters. The Morgan fingerprint density at radius 3 is 1.45 bits per heavy atom. The minimum Gasteiger partial charge on any atom is -0.543 e. The van der Waals surface area contributed by atoms with Gasteiger partial charge in [0.15, 0.2) is 5.34 Å². The zero-order valence-corrected chi connectivity index (χ0v) is 39.7. The zero-order chi connectivity index (χ0) is 49.9. The molecule has 35 heteroatoms. The third-order valence-corrected chi connectivity index (χ3v) is 8.05. The Bertz CT molecular complexity index is 2390. The first-order chi connectivity index (χ1) is 28.6. The first-order valence-electron chi connectivity index (χ1n) is 15.1. The average Bonchev–Trinajstić information content (AvgIpc) is 3.11. The fourth-order valence-corrected chi connectivity index (χ4v) is 4.01. The van der Waals surface area contributed by atoms with Crippen molar-refractivity contribution in [3.8, 4) is 0 Å². The summed E-state index contributed by atoms with van der Waals surface area (Å²) >= 11 is 27.2. The Morgan fingerprint density at radius 2 is 1.12 bits per heavy atom. The molecule has 20 nitrogen and oxygen atoms in total. The molecule has 0 amide bonds. The number of carboxylic acid groups (broad SMARTS) is 1. The molecule has 0 fully saturated rings. The van der Waals surface area contributed by atoms with Gasteiger partial charge in [-0.05, 0) is 55.0 Å². The van der Waals surface area contributed by atoms with Gasteiger partial charge in [0.05, 0.1) is 38.0 Å². The summed E-state index contributed by atoms with van der Waals surface area (Å²) in [6.07, 6.45) is 3.21. The van der Waals surface area contributed by atoms with Crippen LogP contribution in [0.3, 0.4) is 0 Å². The third kappa shape index (κ3) is 26.6. The molecule has 4 aromatic heterocycles. The minimum absolute atomic E-state index is 0. The molecule has 0 atom stereocenters. The maximum atomic E-state index is 12.1. The number of carbonyl (C=O) groups is 1. The molecule has 0 aliphatic carbocycles. The summed E-state index contributed by atoms with van der Waals surface area (Å²) in [5.74, 6) is -2.57. The van der Waals surface area contributed by atoms with Gasteiger partial charge in [-0.2, -0.15) is 35.1 Å². The number of hydrogen-bond donors (Lipinski definition) is 2. The maximum Gasteiger partial charge on any atom is 1.00 e. The van der Waals surface area contributed by atoms with Crippen molar-refractivity contribution in [1.82, 2.24) is 18.7 Å². The number of aromatic nitrogens is 4. The maximum absolute atomic E-state index is 12.1. The van der Waals surface area contributed by atoms with Crippen LogP contribution in [-0.4, -0.2) is 45.5 Å². The van der Waals surface area contributed by atoms with E-state index in [-0.39, 0.29) is 72.6 Å². The molecule has 0 radical (unpaired) electrons. The number of nitrogens with one attached hydrogen (secondary N) is 1. The number of carboxylic acids is 1. The number of nitrogens with two attached hydrogens (primary N) is 1. The molecule has 0 saturated carbocycles. The molecule has 3 N–H and O–H groups in total. The Hall–Kier alpha value is -4.11. The largest absolute Gasteiger partial charge is 1.00 e. The topological polar surface area (TPSA) is 290 Å². The van der Waals surface area contributed by atoms with Gasteiger partial charge in [0, 0.05) is 40.2 Å². The average molecular weight is 1170 g/mol. The summed E-state index contributed by atoms with van der Waals surface area (Å²) in [5.41, 5.74) is 0.487. The van der Waals surface area contributed by atoms with Gasteiger partial charge < -0.3 is 25.5 Å². The van der Waals surface area contributed by atoms with Crippen LogP contribution < -0.4 is 62.6 Å². The van der Waals surface area contributed by atoms with Crippen LogP contribution in [0.5, 0.6) is 0 Å². The van der Waals surface area contributed by atoms with Crippen LogP contribution in [-0.2, 0) is 9.63 Å².